The molecular formula is C15H23N3O2. The molecule has 0 saturated carbocycles. The van der Waals surface area contributed by atoms with Gasteiger partial charge < -0.3 is 9.67 Å². The van der Waals surface area contributed by atoms with Gasteiger partial charge in [-0.05, 0) is 44.7 Å². The van der Waals surface area contributed by atoms with Crippen LogP contribution in [0, 0.1) is 5.92 Å². The normalized spacial score (nSPS) is 23.6. The van der Waals surface area contributed by atoms with Crippen molar-refractivity contribution >= 4 is 5.97 Å². The molecule has 1 saturated heterocycles. The number of fused-ring (bicyclic) bond motifs is 1. The lowest BCUT2D eigenvalue weighted by atomic mass is 9.97. The number of imidazole rings is 1. The van der Waals surface area contributed by atoms with E-state index < -0.39 is 5.97 Å². The third kappa shape index (κ3) is 2.59. The maximum absolute atomic E-state index is 11.4. The van der Waals surface area contributed by atoms with E-state index in [1.165, 1.54) is 19.3 Å². The number of rotatable bonds is 3. The molecule has 5 nitrogen and oxygen atoms in total. The van der Waals surface area contributed by atoms with Crippen molar-refractivity contribution in [2.45, 2.75) is 52.1 Å². The van der Waals surface area contributed by atoms with Crippen molar-refractivity contribution in [3.05, 3.63) is 17.2 Å². The highest BCUT2D eigenvalue weighted by molar-refractivity contribution is 5.87. The maximum atomic E-state index is 11.4. The molecule has 3 rings (SSSR count). The van der Waals surface area contributed by atoms with Gasteiger partial charge in [0.2, 0.25) is 0 Å². The van der Waals surface area contributed by atoms with Crippen molar-refractivity contribution in [2.24, 2.45) is 5.92 Å². The third-order valence-corrected chi connectivity index (χ3v) is 4.56. The second-order valence-electron chi connectivity index (χ2n) is 6.21. The predicted octanol–water partition coefficient (Wildman–Crippen LogP) is 2.15. The van der Waals surface area contributed by atoms with Crippen LogP contribution in [0.25, 0.3) is 0 Å². The van der Waals surface area contributed by atoms with Crippen LogP contribution in [-0.2, 0) is 19.5 Å². The molecule has 0 radical (unpaired) electrons. The van der Waals surface area contributed by atoms with E-state index in [0.29, 0.717) is 5.92 Å². The molecule has 2 aliphatic rings. The number of likely N-dealkylation sites (tertiary alicyclic amines) is 1. The average molecular weight is 277 g/mol. The lowest BCUT2D eigenvalue weighted by Gasteiger charge is -2.27. The lowest BCUT2D eigenvalue weighted by Crippen LogP contribution is -2.31. The van der Waals surface area contributed by atoms with E-state index in [2.05, 4.69) is 21.4 Å². The number of aromatic nitrogens is 2. The lowest BCUT2D eigenvalue weighted by molar-refractivity contribution is 0.0688. The molecule has 5 heteroatoms. The highest BCUT2D eigenvalue weighted by Gasteiger charge is 2.27. The fourth-order valence-electron chi connectivity index (χ4n) is 3.40. The molecule has 1 aromatic rings. The van der Waals surface area contributed by atoms with Gasteiger partial charge in [-0.3, -0.25) is 4.90 Å². The van der Waals surface area contributed by atoms with Gasteiger partial charge in [-0.15, -0.1) is 0 Å². The number of nitrogens with zero attached hydrogens (tertiary/aromatic N) is 3. The molecule has 0 spiro atoms. The number of piperidine rings is 1. The van der Waals surface area contributed by atoms with Gasteiger partial charge >= 0.3 is 5.97 Å². The minimum Gasteiger partial charge on any atom is -0.476 e. The quantitative estimate of drug-likeness (QED) is 0.919. The van der Waals surface area contributed by atoms with Gasteiger partial charge in [-0.2, -0.15) is 0 Å². The van der Waals surface area contributed by atoms with Crippen molar-refractivity contribution in [3.8, 4) is 0 Å². The molecule has 3 heterocycles. The van der Waals surface area contributed by atoms with Gasteiger partial charge in [0, 0.05) is 6.54 Å². The first kappa shape index (κ1) is 13.6. The van der Waals surface area contributed by atoms with E-state index in [1.807, 2.05) is 0 Å². The SMILES string of the molecule is CC1CCn2c(CN3CCCCC3)nc(C(=O)O)c2C1. The average Bonchev–Trinajstić information content (AvgIpc) is 2.78. The van der Waals surface area contributed by atoms with Crippen molar-refractivity contribution < 1.29 is 9.90 Å². The van der Waals surface area contributed by atoms with Crippen LogP contribution in [0.1, 0.15) is 54.6 Å². The van der Waals surface area contributed by atoms with Crippen molar-refractivity contribution in [1.29, 1.82) is 0 Å². The maximum Gasteiger partial charge on any atom is 0.356 e. The molecule has 110 valence electrons. The number of carboxylic acids is 1. The van der Waals surface area contributed by atoms with Crippen LogP contribution in [0.4, 0.5) is 0 Å². The highest BCUT2D eigenvalue weighted by atomic mass is 16.4. The Morgan fingerprint density at radius 1 is 1.30 bits per heavy atom. The van der Waals surface area contributed by atoms with E-state index in [0.717, 1.165) is 50.5 Å². The van der Waals surface area contributed by atoms with Gasteiger partial charge in [-0.1, -0.05) is 13.3 Å². The van der Waals surface area contributed by atoms with Crippen LogP contribution >= 0.6 is 0 Å². The van der Waals surface area contributed by atoms with E-state index in [4.69, 9.17) is 0 Å². The Hall–Kier alpha value is -1.36. The number of aromatic carboxylic acids is 1. The molecule has 1 atom stereocenters. The zero-order valence-electron chi connectivity index (χ0n) is 12.1. The largest absolute Gasteiger partial charge is 0.476 e. The van der Waals surface area contributed by atoms with Gasteiger partial charge in [-0.25, -0.2) is 9.78 Å². The topological polar surface area (TPSA) is 58.4 Å². The third-order valence-electron chi connectivity index (χ3n) is 4.56. The summed E-state index contributed by atoms with van der Waals surface area (Å²) in [5, 5.41) is 9.36. The molecule has 1 aromatic heterocycles. The monoisotopic (exact) mass is 277 g/mol. The van der Waals surface area contributed by atoms with E-state index in [9.17, 15) is 9.90 Å². The second-order valence-corrected chi connectivity index (χ2v) is 6.21. The van der Waals surface area contributed by atoms with Crippen LogP contribution in [0.3, 0.4) is 0 Å². The molecule has 0 aliphatic carbocycles. The van der Waals surface area contributed by atoms with Crippen LogP contribution in [0.2, 0.25) is 0 Å². The first-order chi connectivity index (χ1) is 9.65. The standard InChI is InChI=1S/C15H23N3O2/c1-11-5-8-18-12(9-11)14(15(19)20)16-13(18)10-17-6-3-2-4-7-17/h11H,2-10H2,1H3,(H,19,20). The molecule has 1 N–H and O–H groups in total. The number of carboxylic acid groups (broad SMARTS) is 1. The molecule has 2 aliphatic heterocycles. The zero-order valence-corrected chi connectivity index (χ0v) is 12.1. The first-order valence-electron chi connectivity index (χ1n) is 7.69. The number of hydrogen-bond donors (Lipinski definition) is 1. The molecule has 0 bridgehead atoms. The minimum absolute atomic E-state index is 0.281. The van der Waals surface area contributed by atoms with Crippen LogP contribution in [-0.4, -0.2) is 38.6 Å². The second kappa shape index (κ2) is 5.56. The van der Waals surface area contributed by atoms with Crippen LogP contribution < -0.4 is 0 Å². The summed E-state index contributed by atoms with van der Waals surface area (Å²) in [6, 6.07) is 0. The molecule has 0 amide bonds. The van der Waals surface area contributed by atoms with E-state index >= 15 is 0 Å². The van der Waals surface area contributed by atoms with Crippen LogP contribution in [0.15, 0.2) is 0 Å². The molecule has 20 heavy (non-hydrogen) atoms. The fraction of sp³-hybridized carbons (Fsp3) is 0.733. The Balaban J connectivity index is 1.87. The van der Waals surface area contributed by atoms with Crippen molar-refractivity contribution in [1.82, 2.24) is 14.5 Å². The van der Waals surface area contributed by atoms with E-state index in [1.54, 1.807) is 0 Å². The number of carbonyl (C=O) groups is 1. The molecule has 1 unspecified atom stereocenters. The number of hydrogen-bond acceptors (Lipinski definition) is 3. The summed E-state index contributed by atoms with van der Waals surface area (Å²) < 4.78 is 2.16. The highest BCUT2D eigenvalue weighted by Crippen LogP contribution is 2.26. The van der Waals surface area contributed by atoms with Gasteiger partial charge in [0.15, 0.2) is 5.69 Å². The van der Waals surface area contributed by atoms with Gasteiger partial charge in [0.05, 0.1) is 12.2 Å². The predicted molar refractivity (Wildman–Crippen MR) is 75.8 cm³/mol. The minimum atomic E-state index is -0.882. The first-order valence-corrected chi connectivity index (χ1v) is 7.69. The van der Waals surface area contributed by atoms with Crippen molar-refractivity contribution in [3.63, 3.8) is 0 Å². The smallest absolute Gasteiger partial charge is 0.356 e. The summed E-state index contributed by atoms with van der Waals surface area (Å²) in [7, 11) is 0. The summed E-state index contributed by atoms with van der Waals surface area (Å²) in [6.45, 7) is 6.13. The van der Waals surface area contributed by atoms with Crippen molar-refractivity contribution in [2.75, 3.05) is 13.1 Å². The summed E-state index contributed by atoms with van der Waals surface area (Å²) in [4.78, 5) is 18.2. The summed E-state index contributed by atoms with van der Waals surface area (Å²) in [6.07, 6.45) is 5.77. The molecule has 1 fully saturated rings. The van der Waals surface area contributed by atoms with E-state index in [-0.39, 0.29) is 5.69 Å². The summed E-state index contributed by atoms with van der Waals surface area (Å²) in [5.74, 6) is 0.624. The Kier molecular flexibility index (Phi) is 3.78. The van der Waals surface area contributed by atoms with Crippen LogP contribution in [0.5, 0.6) is 0 Å². The molecule has 0 aromatic carbocycles. The fourth-order valence-corrected chi connectivity index (χ4v) is 3.40. The Morgan fingerprint density at radius 2 is 2.05 bits per heavy atom. The zero-order chi connectivity index (χ0) is 14.1. The summed E-state index contributed by atoms with van der Waals surface area (Å²) >= 11 is 0. The van der Waals surface area contributed by atoms with Gasteiger partial charge in [0.25, 0.3) is 0 Å². The summed E-state index contributed by atoms with van der Waals surface area (Å²) in [5.41, 5.74) is 1.21. The van der Waals surface area contributed by atoms with Gasteiger partial charge in [0.1, 0.15) is 5.82 Å². The Bertz CT molecular complexity index is 503. The Morgan fingerprint density at radius 3 is 2.75 bits per heavy atom. The molecular weight excluding hydrogens is 254 g/mol. The Labute approximate surface area is 119 Å².